The molecule has 1 N–H and O–H groups in total. The number of anilines is 2. The van der Waals surface area contributed by atoms with Crippen LogP contribution >= 0.6 is 35.0 Å². The van der Waals surface area contributed by atoms with Crippen LogP contribution in [0.3, 0.4) is 0 Å². The lowest BCUT2D eigenvalue weighted by atomic mass is 10.1. The van der Waals surface area contributed by atoms with E-state index in [-0.39, 0.29) is 0 Å². The van der Waals surface area contributed by atoms with Crippen molar-refractivity contribution in [1.82, 2.24) is 9.97 Å². The Hall–Kier alpha value is -2.46. The molecular weight excluding hydrogens is 403 g/mol. The summed E-state index contributed by atoms with van der Waals surface area (Å²) in [6.07, 6.45) is 1.88. The molecular formula is C19H14Cl2N4OS. The van der Waals surface area contributed by atoms with Crippen molar-refractivity contribution in [2.24, 2.45) is 0 Å². The monoisotopic (exact) mass is 416 g/mol. The molecule has 3 rings (SSSR count). The largest absolute Gasteiger partial charge is 0.495 e. The Kier molecular flexibility index (Phi) is 6.07. The molecule has 27 heavy (non-hydrogen) atoms. The topological polar surface area (TPSA) is 70.8 Å². The van der Waals surface area contributed by atoms with Gasteiger partial charge < -0.3 is 10.1 Å². The number of rotatable bonds is 5. The second-order valence-corrected chi connectivity index (χ2v) is 6.99. The first-order chi connectivity index (χ1) is 13.0. The van der Waals surface area contributed by atoms with Crippen LogP contribution in [0.15, 0.2) is 47.6 Å². The third kappa shape index (κ3) is 4.28. The average molecular weight is 417 g/mol. The summed E-state index contributed by atoms with van der Waals surface area (Å²) in [5.74, 6) is 0.972. The van der Waals surface area contributed by atoms with Crippen LogP contribution in [-0.4, -0.2) is 23.3 Å². The molecule has 1 heterocycles. The number of methoxy groups -OCH3 is 1. The molecule has 0 unspecified atom stereocenters. The van der Waals surface area contributed by atoms with Crippen molar-refractivity contribution in [2.45, 2.75) is 5.16 Å². The molecule has 5 nitrogen and oxygen atoms in total. The molecule has 0 fully saturated rings. The van der Waals surface area contributed by atoms with E-state index in [1.807, 2.05) is 18.4 Å². The highest BCUT2D eigenvalue weighted by molar-refractivity contribution is 7.98. The van der Waals surface area contributed by atoms with Crippen LogP contribution in [0.4, 0.5) is 11.5 Å². The molecule has 0 aliphatic rings. The van der Waals surface area contributed by atoms with Crippen LogP contribution in [0.1, 0.15) is 5.56 Å². The van der Waals surface area contributed by atoms with Gasteiger partial charge in [0.25, 0.3) is 0 Å². The lowest BCUT2D eigenvalue weighted by Gasteiger charge is -2.13. The van der Waals surface area contributed by atoms with Gasteiger partial charge in [-0.25, -0.2) is 9.97 Å². The van der Waals surface area contributed by atoms with Crippen molar-refractivity contribution in [2.75, 3.05) is 18.7 Å². The molecule has 136 valence electrons. The normalized spacial score (nSPS) is 10.3. The van der Waals surface area contributed by atoms with Crippen LogP contribution in [0, 0.1) is 11.3 Å². The number of halogens is 2. The van der Waals surface area contributed by atoms with Gasteiger partial charge in [0.1, 0.15) is 17.4 Å². The molecule has 8 heteroatoms. The molecule has 0 saturated carbocycles. The molecule has 0 amide bonds. The Morgan fingerprint density at radius 3 is 2.44 bits per heavy atom. The maximum absolute atomic E-state index is 9.74. The quantitative estimate of drug-likeness (QED) is 0.418. The summed E-state index contributed by atoms with van der Waals surface area (Å²) in [5.41, 5.74) is 2.34. The number of ether oxygens (including phenoxy) is 1. The molecule has 0 aliphatic carbocycles. The summed E-state index contributed by atoms with van der Waals surface area (Å²) in [5, 5.41) is 14.5. The first-order valence-electron chi connectivity index (χ1n) is 7.78. The highest BCUT2D eigenvalue weighted by Crippen LogP contribution is 2.33. The van der Waals surface area contributed by atoms with Crippen molar-refractivity contribution >= 4 is 46.5 Å². The van der Waals surface area contributed by atoms with Gasteiger partial charge in [0.05, 0.1) is 17.8 Å². The Labute approximate surface area is 171 Å². The van der Waals surface area contributed by atoms with E-state index >= 15 is 0 Å². The first-order valence-corrected chi connectivity index (χ1v) is 9.76. The highest BCUT2D eigenvalue weighted by Gasteiger charge is 2.16. The van der Waals surface area contributed by atoms with Crippen molar-refractivity contribution < 1.29 is 4.74 Å². The van der Waals surface area contributed by atoms with Crippen molar-refractivity contribution in [1.29, 1.82) is 5.26 Å². The van der Waals surface area contributed by atoms with Gasteiger partial charge in [-0.15, -0.1) is 0 Å². The minimum atomic E-state index is 0.335. The third-order valence-electron chi connectivity index (χ3n) is 3.72. The number of nitrogens with zero attached hydrogens (tertiary/aromatic N) is 3. The molecule has 0 aliphatic heterocycles. The van der Waals surface area contributed by atoms with Gasteiger partial charge in [-0.3, -0.25) is 0 Å². The number of nitrogens with one attached hydrogen (secondary N) is 1. The summed E-state index contributed by atoms with van der Waals surface area (Å²) < 4.78 is 5.17. The standard InChI is InChI=1S/C19H14Cl2N4OS/c1-26-16-8-7-13(9-15(16)21)23-18-14(10-22)17(24-19(25-18)27-2)11-3-5-12(20)6-4-11/h3-9H,1-2H3,(H,23,24,25). The van der Waals surface area contributed by atoms with E-state index < -0.39 is 0 Å². The van der Waals surface area contributed by atoms with Crippen molar-refractivity contribution in [3.8, 4) is 23.1 Å². The van der Waals surface area contributed by atoms with Crippen LogP contribution in [-0.2, 0) is 0 Å². The van der Waals surface area contributed by atoms with E-state index in [0.717, 1.165) is 5.56 Å². The summed E-state index contributed by atoms with van der Waals surface area (Å²) in [6.45, 7) is 0. The fourth-order valence-corrected chi connectivity index (χ4v) is 3.17. The van der Waals surface area contributed by atoms with Gasteiger partial charge in [0.2, 0.25) is 0 Å². The number of benzene rings is 2. The van der Waals surface area contributed by atoms with Crippen molar-refractivity contribution in [3.63, 3.8) is 0 Å². The maximum atomic E-state index is 9.74. The SMILES string of the molecule is COc1ccc(Nc2nc(SC)nc(-c3ccc(Cl)cc3)c2C#N)cc1Cl. The van der Waals surface area contributed by atoms with Gasteiger partial charge in [-0.05, 0) is 36.6 Å². The van der Waals surface area contributed by atoms with Gasteiger partial charge in [0, 0.05) is 16.3 Å². The van der Waals surface area contributed by atoms with Crippen LogP contribution in [0.25, 0.3) is 11.3 Å². The van der Waals surface area contributed by atoms with E-state index in [1.165, 1.54) is 11.8 Å². The van der Waals surface area contributed by atoms with Crippen molar-refractivity contribution in [3.05, 3.63) is 58.1 Å². The van der Waals surface area contributed by atoms with Gasteiger partial charge in [-0.1, -0.05) is 47.1 Å². The van der Waals surface area contributed by atoms with E-state index in [4.69, 9.17) is 27.9 Å². The van der Waals surface area contributed by atoms with Crippen LogP contribution in [0.5, 0.6) is 5.75 Å². The predicted molar refractivity (Wildman–Crippen MR) is 110 cm³/mol. The average Bonchev–Trinajstić information content (AvgIpc) is 2.68. The van der Waals surface area contributed by atoms with Crippen LogP contribution in [0.2, 0.25) is 10.0 Å². The summed E-state index contributed by atoms with van der Waals surface area (Å²) >= 11 is 13.6. The van der Waals surface area contributed by atoms with Gasteiger partial charge >= 0.3 is 0 Å². The molecule has 0 radical (unpaired) electrons. The molecule has 1 aromatic heterocycles. The minimum Gasteiger partial charge on any atom is -0.495 e. The lowest BCUT2D eigenvalue weighted by Crippen LogP contribution is -2.03. The summed E-state index contributed by atoms with van der Waals surface area (Å²) in [6, 6.07) is 14.6. The van der Waals surface area contributed by atoms with Gasteiger partial charge in [0.15, 0.2) is 11.0 Å². The molecule has 0 atom stereocenters. The van der Waals surface area contributed by atoms with E-state index in [2.05, 4.69) is 21.4 Å². The maximum Gasteiger partial charge on any atom is 0.189 e. The Morgan fingerprint density at radius 2 is 1.85 bits per heavy atom. The fourth-order valence-electron chi connectivity index (χ4n) is 2.43. The predicted octanol–water partition coefficient (Wildman–Crippen LogP) is 5.80. The Bertz CT molecular complexity index is 1020. The first kappa shape index (κ1) is 19.3. The number of nitriles is 1. The zero-order chi connectivity index (χ0) is 19.4. The number of hydrogen-bond donors (Lipinski definition) is 1. The Balaban J connectivity index is 2.09. The second-order valence-electron chi connectivity index (χ2n) is 5.38. The number of thioether (sulfide) groups is 1. The van der Waals surface area contributed by atoms with E-state index in [0.29, 0.717) is 43.7 Å². The van der Waals surface area contributed by atoms with E-state index in [1.54, 1.807) is 37.4 Å². The molecule has 0 spiro atoms. The smallest absolute Gasteiger partial charge is 0.189 e. The lowest BCUT2D eigenvalue weighted by molar-refractivity contribution is 0.415. The zero-order valence-electron chi connectivity index (χ0n) is 14.5. The van der Waals surface area contributed by atoms with Gasteiger partial charge in [-0.2, -0.15) is 5.26 Å². The highest BCUT2D eigenvalue weighted by atomic mass is 35.5. The minimum absolute atomic E-state index is 0.335. The summed E-state index contributed by atoms with van der Waals surface area (Å²) in [7, 11) is 1.55. The molecule has 3 aromatic rings. The zero-order valence-corrected chi connectivity index (χ0v) is 16.8. The fraction of sp³-hybridized carbons (Fsp3) is 0.105. The third-order valence-corrected chi connectivity index (χ3v) is 4.81. The number of aromatic nitrogens is 2. The Morgan fingerprint density at radius 1 is 1.11 bits per heavy atom. The number of hydrogen-bond acceptors (Lipinski definition) is 6. The molecule has 0 saturated heterocycles. The van der Waals surface area contributed by atoms with Crippen LogP contribution < -0.4 is 10.1 Å². The molecule has 0 bridgehead atoms. The summed E-state index contributed by atoms with van der Waals surface area (Å²) in [4.78, 5) is 8.96. The molecule has 2 aromatic carbocycles. The second kappa shape index (κ2) is 8.49. The van der Waals surface area contributed by atoms with E-state index in [9.17, 15) is 5.26 Å².